The average Bonchev–Trinajstić information content (AvgIpc) is 2.76. The minimum absolute atomic E-state index is 0.382. The molecular weight excluding hydrogens is 374 g/mol. The van der Waals surface area contributed by atoms with Crippen molar-refractivity contribution in [2.45, 2.75) is 104 Å². The van der Waals surface area contributed by atoms with Crippen molar-refractivity contribution < 1.29 is 0 Å². The maximum Gasteiger partial charge on any atom is 0.253 e. The van der Waals surface area contributed by atoms with E-state index in [-0.39, 0.29) is 5.43 Å². The quantitative estimate of drug-likeness (QED) is 0.202. The molecular formula is C25H47N3O2. The number of anilines is 2. The van der Waals surface area contributed by atoms with Crippen LogP contribution in [0.4, 0.5) is 11.4 Å². The summed E-state index contributed by atoms with van der Waals surface area (Å²) in [4.78, 5) is 25.7. The smallest absolute Gasteiger partial charge is 0.253 e. The van der Waals surface area contributed by atoms with Gasteiger partial charge < -0.3 is 15.5 Å². The summed E-state index contributed by atoms with van der Waals surface area (Å²) in [5.74, 6) is 0. The zero-order valence-corrected chi connectivity index (χ0v) is 20.0. The van der Waals surface area contributed by atoms with Crippen LogP contribution >= 0.6 is 0 Å². The Balaban J connectivity index is 2.24. The lowest BCUT2D eigenvalue weighted by molar-refractivity contribution is 0.256. The molecule has 0 atom stereocenters. The molecule has 0 saturated carbocycles. The number of hydrogen-bond acceptors (Lipinski definition) is 5. The van der Waals surface area contributed by atoms with Gasteiger partial charge in [0.05, 0.1) is 0 Å². The van der Waals surface area contributed by atoms with Crippen LogP contribution in [0.2, 0.25) is 0 Å². The van der Waals surface area contributed by atoms with Gasteiger partial charge in [-0.1, -0.05) is 78.1 Å². The summed E-state index contributed by atoms with van der Waals surface area (Å²) in [6, 6.07) is 0. The molecule has 0 aromatic heterocycles. The Labute approximate surface area is 184 Å². The molecule has 0 aliphatic carbocycles. The number of hydrogen-bond donors (Lipinski definition) is 2. The van der Waals surface area contributed by atoms with Gasteiger partial charge >= 0.3 is 0 Å². The average molecular weight is 422 g/mol. The third kappa shape index (κ3) is 10.6. The standard InChI is InChI=1S/C25H47N3O2/c1-4-6-8-10-12-15-19-28(20-16-13-11-9-7-5-2)21-17-14-18-27-23-22(26-3)24(29)25(23)30/h26-27H,4-21H2,1-3H3. The van der Waals surface area contributed by atoms with E-state index in [9.17, 15) is 9.59 Å². The molecule has 1 aromatic carbocycles. The monoisotopic (exact) mass is 421 g/mol. The Morgan fingerprint density at radius 1 is 0.600 bits per heavy atom. The predicted molar refractivity (Wildman–Crippen MR) is 132 cm³/mol. The van der Waals surface area contributed by atoms with Gasteiger partial charge in [0.25, 0.3) is 10.9 Å². The van der Waals surface area contributed by atoms with Crippen LogP contribution in [0.15, 0.2) is 9.59 Å². The fourth-order valence-electron chi connectivity index (χ4n) is 4.04. The van der Waals surface area contributed by atoms with Gasteiger partial charge in [0.2, 0.25) is 0 Å². The first kappa shape index (κ1) is 26.7. The summed E-state index contributed by atoms with van der Waals surface area (Å²) >= 11 is 0. The molecule has 0 amide bonds. The van der Waals surface area contributed by atoms with Crippen LogP contribution in [0.25, 0.3) is 0 Å². The van der Waals surface area contributed by atoms with Crippen molar-refractivity contribution in [3.8, 4) is 0 Å². The number of rotatable bonds is 21. The number of unbranched alkanes of at least 4 members (excludes halogenated alkanes) is 11. The molecule has 0 aliphatic heterocycles. The fraction of sp³-hybridized carbons (Fsp3) is 0.840. The van der Waals surface area contributed by atoms with Crippen molar-refractivity contribution in [3.05, 3.63) is 20.4 Å². The van der Waals surface area contributed by atoms with E-state index in [1.54, 1.807) is 7.05 Å². The summed E-state index contributed by atoms with van der Waals surface area (Å²) in [7, 11) is 1.68. The lowest BCUT2D eigenvalue weighted by Crippen LogP contribution is -2.37. The van der Waals surface area contributed by atoms with Gasteiger partial charge in [0.15, 0.2) is 0 Å². The second-order valence-corrected chi connectivity index (χ2v) is 8.67. The van der Waals surface area contributed by atoms with E-state index in [1.165, 1.54) is 90.1 Å². The van der Waals surface area contributed by atoms with Crippen molar-refractivity contribution in [1.82, 2.24) is 4.90 Å². The van der Waals surface area contributed by atoms with Gasteiger partial charge in [0, 0.05) is 13.6 Å². The molecule has 174 valence electrons. The van der Waals surface area contributed by atoms with E-state index in [2.05, 4.69) is 29.4 Å². The Morgan fingerprint density at radius 2 is 1.03 bits per heavy atom. The molecule has 0 unspecified atom stereocenters. The topological polar surface area (TPSA) is 61.4 Å². The largest absolute Gasteiger partial charge is 0.383 e. The van der Waals surface area contributed by atoms with Gasteiger partial charge in [-0.05, 0) is 45.3 Å². The first-order valence-electron chi connectivity index (χ1n) is 12.6. The maximum absolute atomic E-state index is 11.6. The molecule has 1 aromatic rings. The molecule has 30 heavy (non-hydrogen) atoms. The van der Waals surface area contributed by atoms with Crippen LogP contribution in [0.5, 0.6) is 0 Å². The Bertz CT molecular complexity index is 592. The third-order valence-corrected chi connectivity index (χ3v) is 6.02. The molecule has 5 heteroatoms. The predicted octanol–water partition coefficient (Wildman–Crippen LogP) is 5.54. The van der Waals surface area contributed by atoms with E-state index in [0.29, 0.717) is 11.4 Å². The molecule has 0 spiro atoms. The highest BCUT2D eigenvalue weighted by atomic mass is 16.2. The van der Waals surface area contributed by atoms with Crippen molar-refractivity contribution >= 4 is 11.4 Å². The molecule has 0 fully saturated rings. The summed E-state index contributed by atoms with van der Waals surface area (Å²) in [6.45, 7) is 8.86. The van der Waals surface area contributed by atoms with E-state index >= 15 is 0 Å². The highest BCUT2D eigenvalue weighted by Gasteiger charge is 2.18. The van der Waals surface area contributed by atoms with E-state index < -0.39 is 5.43 Å². The first-order chi connectivity index (χ1) is 14.7. The Morgan fingerprint density at radius 3 is 1.53 bits per heavy atom. The molecule has 0 saturated heterocycles. The fourth-order valence-corrected chi connectivity index (χ4v) is 4.04. The first-order valence-corrected chi connectivity index (χ1v) is 12.6. The molecule has 0 aliphatic rings. The zero-order chi connectivity index (χ0) is 22.0. The van der Waals surface area contributed by atoms with Crippen LogP contribution in [-0.4, -0.2) is 38.1 Å². The van der Waals surface area contributed by atoms with Gasteiger partial charge in [-0.2, -0.15) is 0 Å². The van der Waals surface area contributed by atoms with Crippen LogP contribution in [0.1, 0.15) is 104 Å². The van der Waals surface area contributed by atoms with Crippen LogP contribution in [0.3, 0.4) is 0 Å². The molecule has 2 N–H and O–H groups in total. The zero-order valence-electron chi connectivity index (χ0n) is 20.0. The molecule has 1 rings (SSSR count). The molecule has 0 heterocycles. The van der Waals surface area contributed by atoms with Crippen LogP contribution in [0, 0.1) is 0 Å². The Kier molecular flexibility index (Phi) is 15.4. The molecule has 0 bridgehead atoms. The van der Waals surface area contributed by atoms with Crippen LogP contribution < -0.4 is 21.5 Å². The van der Waals surface area contributed by atoms with Crippen molar-refractivity contribution in [2.75, 3.05) is 43.9 Å². The molecule has 0 radical (unpaired) electrons. The highest BCUT2D eigenvalue weighted by molar-refractivity contribution is 5.73. The van der Waals surface area contributed by atoms with Crippen molar-refractivity contribution in [2.24, 2.45) is 0 Å². The highest BCUT2D eigenvalue weighted by Crippen LogP contribution is 2.13. The van der Waals surface area contributed by atoms with Crippen LogP contribution in [-0.2, 0) is 0 Å². The van der Waals surface area contributed by atoms with Gasteiger partial charge in [-0.15, -0.1) is 0 Å². The van der Waals surface area contributed by atoms with Crippen molar-refractivity contribution in [3.63, 3.8) is 0 Å². The van der Waals surface area contributed by atoms with E-state index in [4.69, 9.17) is 0 Å². The summed E-state index contributed by atoms with van der Waals surface area (Å²) in [6.07, 6.45) is 18.3. The summed E-state index contributed by atoms with van der Waals surface area (Å²) < 4.78 is 0. The van der Waals surface area contributed by atoms with Gasteiger partial charge in [-0.3, -0.25) is 9.59 Å². The maximum atomic E-state index is 11.6. The Hall–Kier alpha value is -1.36. The second kappa shape index (κ2) is 17.3. The number of nitrogens with zero attached hydrogens (tertiary/aromatic N) is 1. The minimum Gasteiger partial charge on any atom is -0.383 e. The normalized spacial score (nSPS) is 11.5. The molecule has 5 nitrogen and oxygen atoms in total. The van der Waals surface area contributed by atoms with E-state index in [1.807, 2.05) is 0 Å². The third-order valence-electron chi connectivity index (χ3n) is 6.02. The number of nitrogens with one attached hydrogen (secondary N) is 2. The second-order valence-electron chi connectivity index (χ2n) is 8.67. The van der Waals surface area contributed by atoms with Gasteiger partial charge in [0.1, 0.15) is 11.4 Å². The SMILES string of the molecule is CCCCCCCCN(CCCCCCCC)CCCCNc1c(NC)c(=O)c1=O. The summed E-state index contributed by atoms with van der Waals surface area (Å²) in [5.41, 5.74) is 0.127. The van der Waals surface area contributed by atoms with E-state index in [0.717, 1.165) is 25.9 Å². The van der Waals surface area contributed by atoms with Gasteiger partial charge in [-0.25, -0.2) is 0 Å². The minimum atomic E-state index is -0.399. The lowest BCUT2D eigenvalue weighted by atomic mass is 10.1. The summed E-state index contributed by atoms with van der Waals surface area (Å²) in [5, 5.41) is 5.96. The lowest BCUT2D eigenvalue weighted by Gasteiger charge is -2.22. The van der Waals surface area contributed by atoms with Crippen molar-refractivity contribution in [1.29, 1.82) is 0 Å².